The molecule has 0 aliphatic rings. The molecule has 0 radical (unpaired) electrons. The predicted molar refractivity (Wildman–Crippen MR) is 83.6 cm³/mol. The number of carbonyl (C=O) groups is 1. The molecule has 0 saturated heterocycles. The van der Waals surface area contributed by atoms with Gasteiger partial charge in [0.2, 0.25) is 5.91 Å². The molecule has 5 heteroatoms. The van der Waals surface area contributed by atoms with Gasteiger partial charge in [0.1, 0.15) is 11.6 Å². The zero-order valence-corrected chi connectivity index (χ0v) is 13.0. The summed E-state index contributed by atoms with van der Waals surface area (Å²) in [6.45, 7) is 1.82. The van der Waals surface area contributed by atoms with E-state index in [2.05, 4.69) is 0 Å². The molecule has 0 saturated carbocycles. The van der Waals surface area contributed by atoms with Gasteiger partial charge >= 0.3 is 0 Å². The minimum atomic E-state index is -1.07. The molecule has 0 fully saturated rings. The van der Waals surface area contributed by atoms with Crippen molar-refractivity contribution in [2.75, 3.05) is 7.05 Å². The number of aliphatic hydroxyl groups excluding tert-OH is 1. The van der Waals surface area contributed by atoms with E-state index in [9.17, 15) is 18.7 Å². The summed E-state index contributed by atoms with van der Waals surface area (Å²) in [5, 5.41) is 10.1. The second kappa shape index (κ2) is 7.33. The van der Waals surface area contributed by atoms with Gasteiger partial charge in [0, 0.05) is 7.05 Å². The summed E-state index contributed by atoms with van der Waals surface area (Å²) in [6, 6.07) is 11.2. The fourth-order valence-electron chi connectivity index (χ4n) is 2.32. The van der Waals surface area contributed by atoms with Gasteiger partial charge in [-0.2, -0.15) is 0 Å². The van der Waals surface area contributed by atoms with E-state index in [-0.39, 0.29) is 24.2 Å². The number of aliphatic hydroxyl groups is 1. The Morgan fingerprint density at radius 2 is 1.74 bits per heavy atom. The van der Waals surface area contributed by atoms with Crippen molar-refractivity contribution in [3.63, 3.8) is 0 Å². The second-order valence-corrected chi connectivity index (χ2v) is 5.51. The van der Waals surface area contributed by atoms with Crippen LogP contribution in [0.1, 0.15) is 36.6 Å². The highest BCUT2D eigenvalue weighted by Gasteiger charge is 2.21. The molecular weight excluding hydrogens is 300 g/mol. The van der Waals surface area contributed by atoms with Crippen molar-refractivity contribution in [3.05, 3.63) is 71.3 Å². The van der Waals surface area contributed by atoms with Crippen molar-refractivity contribution in [1.29, 1.82) is 0 Å². The molecule has 1 amide bonds. The van der Waals surface area contributed by atoms with Gasteiger partial charge < -0.3 is 10.0 Å². The van der Waals surface area contributed by atoms with Crippen molar-refractivity contribution in [1.82, 2.24) is 4.90 Å². The molecule has 0 aliphatic carbocycles. The molecule has 23 heavy (non-hydrogen) atoms. The maximum atomic E-state index is 13.2. The van der Waals surface area contributed by atoms with Gasteiger partial charge in [-0.25, -0.2) is 8.78 Å². The molecule has 0 bridgehead atoms. The van der Waals surface area contributed by atoms with Crippen molar-refractivity contribution in [2.24, 2.45) is 0 Å². The molecule has 122 valence electrons. The van der Waals surface area contributed by atoms with E-state index in [1.807, 2.05) is 6.92 Å². The highest BCUT2D eigenvalue weighted by atomic mass is 19.1. The fraction of sp³-hybridized carbons (Fsp3) is 0.278. The van der Waals surface area contributed by atoms with Crippen molar-refractivity contribution in [3.8, 4) is 0 Å². The van der Waals surface area contributed by atoms with Gasteiger partial charge in [0.25, 0.3) is 0 Å². The highest BCUT2D eigenvalue weighted by Crippen LogP contribution is 2.23. The van der Waals surface area contributed by atoms with Crippen LogP contribution in [0.2, 0.25) is 0 Å². The summed E-state index contributed by atoms with van der Waals surface area (Å²) >= 11 is 0. The van der Waals surface area contributed by atoms with Gasteiger partial charge in [0.05, 0.1) is 18.6 Å². The zero-order chi connectivity index (χ0) is 17.0. The van der Waals surface area contributed by atoms with Crippen LogP contribution in [-0.2, 0) is 4.79 Å². The Bertz CT molecular complexity index is 673. The summed E-state index contributed by atoms with van der Waals surface area (Å²) in [4.78, 5) is 13.8. The van der Waals surface area contributed by atoms with Gasteiger partial charge in [0.15, 0.2) is 0 Å². The average Bonchev–Trinajstić information content (AvgIpc) is 2.54. The van der Waals surface area contributed by atoms with Crippen LogP contribution in [0, 0.1) is 11.6 Å². The van der Waals surface area contributed by atoms with Crippen LogP contribution in [0.3, 0.4) is 0 Å². The first-order chi connectivity index (χ1) is 10.9. The maximum Gasteiger partial charge on any atom is 0.225 e. The predicted octanol–water partition coefficient (Wildman–Crippen LogP) is 3.61. The third-order valence-electron chi connectivity index (χ3n) is 3.93. The van der Waals surface area contributed by atoms with Gasteiger partial charge in [-0.05, 0) is 42.3 Å². The smallest absolute Gasteiger partial charge is 0.225 e. The van der Waals surface area contributed by atoms with E-state index >= 15 is 0 Å². The van der Waals surface area contributed by atoms with E-state index in [4.69, 9.17) is 0 Å². The Kier molecular flexibility index (Phi) is 5.45. The van der Waals surface area contributed by atoms with Crippen LogP contribution in [0.15, 0.2) is 48.5 Å². The first-order valence-electron chi connectivity index (χ1n) is 7.33. The van der Waals surface area contributed by atoms with E-state index in [1.165, 1.54) is 35.2 Å². The summed E-state index contributed by atoms with van der Waals surface area (Å²) in [5.74, 6) is -1.07. The molecule has 0 heterocycles. The van der Waals surface area contributed by atoms with Crippen LogP contribution in [-0.4, -0.2) is 23.0 Å². The lowest BCUT2D eigenvalue weighted by atomic mass is 10.0. The highest BCUT2D eigenvalue weighted by molar-refractivity contribution is 5.77. The SMILES string of the molecule is CC(c1ccc(F)cc1)N(C)C(=O)CC(O)c1cccc(F)c1. The quantitative estimate of drug-likeness (QED) is 0.914. The van der Waals surface area contributed by atoms with Crippen LogP contribution < -0.4 is 0 Å². The van der Waals surface area contributed by atoms with Crippen LogP contribution >= 0.6 is 0 Å². The van der Waals surface area contributed by atoms with Gasteiger partial charge in [-0.3, -0.25) is 4.79 Å². The monoisotopic (exact) mass is 319 g/mol. The molecule has 2 unspecified atom stereocenters. The number of rotatable bonds is 5. The number of carbonyl (C=O) groups excluding carboxylic acids is 1. The fourth-order valence-corrected chi connectivity index (χ4v) is 2.32. The van der Waals surface area contributed by atoms with Crippen LogP contribution in [0.5, 0.6) is 0 Å². The number of halogens is 2. The molecule has 0 spiro atoms. The van der Waals surface area contributed by atoms with Crippen molar-refractivity contribution >= 4 is 5.91 Å². The van der Waals surface area contributed by atoms with Gasteiger partial charge in [-0.1, -0.05) is 24.3 Å². The molecular formula is C18H19F2NO2. The molecule has 2 atom stereocenters. The summed E-state index contributed by atoms with van der Waals surface area (Å²) < 4.78 is 26.1. The van der Waals surface area contributed by atoms with E-state index in [0.29, 0.717) is 5.56 Å². The third kappa shape index (κ3) is 4.36. The molecule has 2 aromatic carbocycles. The Morgan fingerprint density at radius 3 is 2.35 bits per heavy atom. The Hall–Kier alpha value is -2.27. The molecule has 2 rings (SSSR count). The number of benzene rings is 2. The zero-order valence-electron chi connectivity index (χ0n) is 13.0. The van der Waals surface area contributed by atoms with Gasteiger partial charge in [-0.15, -0.1) is 0 Å². The van der Waals surface area contributed by atoms with E-state index in [0.717, 1.165) is 5.56 Å². The summed E-state index contributed by atoms with van der Waals surface area (Å²) in [6.07, 6.45) is -1.22. The largest absolute Gasteiger partial charge is 0.388 e. The first-order valence-corrected chi connectivity index (χ1v) is 7.33. The topological polar surface area (TPSA) is 40.5 Å². The normalized spacial score (nSPS) is 13.4. The standard InChI is InChI=1S/C18H19F2NO2/c1-12(13-6-8-15(19)9-7-13)21(2)18(23)11-17(22)14-4-3-5-16(20)10-14/h3-10,12,17,22H,11H2,1-2H3. The van der Waals surface area contributed by atoms with Crippen molar-refractivity contribution in [2.45, 2.75) is 25.5 Å². The van der Waals surface area contributed by atoms with E-state index in [1.54, 1.807) is 25.2 Å². The third-order valence-corrected chi connectivity index (χ3v) is 3.93. The minimum absolute atomic E-state index is 0.147. The average molecular weight is 319 g/mol. The molecule has 0 aliphatic heterocycles. The lowest BCUT2D eigenvalue weighted by molar-refractivity contribution is -0.134. The lowest BCUT2D eigenvalue weighted by Gasteiger charge is -2.26. The lowest BCUT2D eigenvalue weighted by Crippen LogP contribution is -2.30. The van der Waals surface area contributed by atoms with Crippen molar-refractivity contribution < 1.29 is 18.7 Å². The summed E-state index contributed by atoms with van der Waals surface area (Å²) in [5.41, 5.74) is 1.16. The molecule has 2 aromatic rings. The van der Waals surface area contributed by atoms with Crippen LogP contribution in [0.25, 0.3) is 0 Å². The number of hydrogen-bond donors (Lipinski definition) is 1. The number of amides is 1. The Morgan fingerprint density at radius 1 is 1.09 bits per heavy atom. The molecule has 0 aromatic heterocycles. The first kappa shape index (κ1) is 17.1. The maximum absolute atomic E-state index is 13.2. The second-order valence-electron chi connectivity index (χ2n) is 5.51. The number of hydrogen-bond acceptors (Lipinski definition) is 2. The van der Waals surface area contributed by atoms with E-state index < -0.39 is 11.9 Å². The molecule has 1 N–H and O–H groups in total. The number of nitrogens with zero attached hydrogens (tertiary/aromatic N) is 1. The Labute approximate surface area is 134 Å². The van der Waals surface area contributed by atoms with Crippen LogP contribution in [0.4, 0.5) is 8.78 Å². The summed E-state index contributed by atoms with van der Waals surface area (Å²) in [7, 11) is 1.62. The minimum Gasteiger partial charge on any atom is -0.388 e. The molecule has 3 nitrogen and oxygen atoms in total. The Balaban J connectivity index is 2.03.